The smallest absolute Gasteiger partial charge is 0.219 e. The summed E-state index contributed by atoms with van der Waals surface area (Å²) < 4.78 is 5.62. The van der Waals surface area contributed by atoms with Crippen molar-refractivity contribution < 1.29 is 9.53 Å². The van der Waals surface area contributed by atoms with Crippen LogP contribution < -0.4 is 10.6 Å². The van der Waals surface area contributed by atoms with E-state index in [1.54, 1.807) is 7.05 Å². The summed E-state index contributed by atoms with van der Waals surface area (Å²) in [5, 5.41) is 6.04. The van der Waals surface area contributed by atoms with Crippen LogP contribution in [-0.2, 0) is 9.53 Å². The summed E-state index contributed by atoms with van der Waals surface area (Å²) >= 11 is 0. The number of carbonyl (C=O) groups excluding carboxylic acids is 1. The van der Waals surface area contributed by atoms with Crippen molar-refractivity contribution in [2.45, 2.75) is 38.7 Å². The number of rotatable bonds is 7. The Morgan fingerprint density at radius 1 is 1.50 bits per heavy atom. The lowest BCUT2D eigenvalue weighted by Crippen LogP contribution is -2.29. The van der Waals surface area contributed by atoms with Crippen LogP contribution in [0.15, 0.2) is 0 Å². The summed E-state index contributed by atoms with van der Waals surface area (Å²) in [7, 11) is 1.68. The molecule has 0 aromatic carbocycles. The van der Waals surface area contributed by atoms with E-state index in [1.165, 1.54) is 6.42 Å². The molecule has 4 nitrogen and oxygen atoms in total. The number of ether oxygens (including phenoxy) is 1. The maximum atomic E-state index is 11.0. The van der Waals surface area contributed by atoms with Gasteiger partial charge in [-0.25, -0.2) is 0 Å². The van der Waals surface area contributed by atoms with Crippen molar-refractivity contribution in [3.8, 4) is 0 Å². The SMILES string of the molecule is CCC1OCCC1CNCCCC(=O)NC. The summed E-state index contributed by atoms with van der Waals surface area (Å²) in [5.41, 5.74) is 0. The molecule has 1 amide bonds. The summed E-state index contributed by atoms with van der Waals surface area (Å²) in [6, 6.07) is 0. The van der Waals surface area contributed by atoms with Crippen molar-refractivity contribution in [2.75, 3.05) is 26.7 Å². The Labute approximate surface area is 98.1 Å². The zero-order valence-electron chi connectivity index (χ0n) is 10.4. The van der Waals surface area contributed by atoms with E-state index in [0.717, 1.165) is 32.5 Å². The van der Waals surface area contributed by atoms with Gasteiger partial charge in [-0.05, 0) is 31.7 Å². The van der Waals surface area contributed by atoms with Gasteiger partial charge >= 0.3 is 0 Å². The first kappa shape index (κ1) is 13.5. The molecule has 1 rings (SSSR count). The number of carbonyl (C=O) groups is 1. The number of nitrogens with one attached hydrogen (secondary N) is 2. The minimum absolute atomic E-state index is 0.123. The summed E-state index contributed by atoms with van der Waals surface area (Å²) in [4.78, 5) is 11.0. The first-order valence-electron chi connectivity index (χ1n) is 6.30. The predicted octanol–water partition coefficient (Wildman–Crippen LogP) is 0.917. The van der Waals surface area contributed by atoms with Crippen LogP contribution in [0, 0.1) is 5.92 Å². The Morgan fingerprint density at radius 3 is 3.00 bits per heavy atom. The molecule has 0 aliphatic carbocycles. The Bertz CT molecular complexity index is 209. The fourth-order valence-electron chi connectivity index (χ4n) is 2.16. The van der Waals surface area contributed by atoms with Crippen molar-refractivity contribution in [1.29, 1.82) is 0 Å². The van der Waals surface area contributed by atoms with Crippen LogP contribution >= 0.6 is 0 Å². The van der Waals surface area contributed by atoms with Crippen LogP contribution in [0.4, 0.5) is 0 Å². The molecule has 2 N–H and O–H groups in total. The molecule has 0 aromatic rings. The Balaban J connectivity index is 2.00. The molecule has 4 heteroatoms. The van der Waals surface area contributed by atoms with Gasteiger partial charge in [0.1, 0.15) is 0 Å². The summed E-state index contributed by atoms with van der Waals surface area (Å²) in [5.74, 6) is 0.780. The number of hydrogen-bond donors (Lipinski definition) is 2. The molecule has 94 valence electrons. The van der Waals surface area contributed by atoms with Gasteiger partial charge in [0.05, 0.1) is 6.10 Å². The summed E-state index contributed by atoms with van der Waals surface area (Å²) in [6.45, 7) is 5.02. The molecule has 16 heavy (non-hydrogen) atoms. The van der Waals surface area contributed by atoms with Crippen LogP contribution in [0.1, 0.15) is 32.6 Å². The van der Waals surface area contributed by atoms with Gasteiger partial charge in [-0.15, -0.1) is 0 Å². The van der Waals surface area contributed by atoms with Gasteiger partial charge in [0, 0.05) is 26.6 Å². The van der Waals surface area contributed by atoms with Crippen LogP contribution in [0.2, 0.25) is 0 Å². The lowest BCUT2D eigenvalue weighted by molar-refractivity contribution is -0.120. The lowest BCUT2D eigenvalue weighted by atomic mass is 10.00. The molecule has 1 aliphatic heterocycles. The van der Waals surface area contributed by atoms with E-state index in [1.807, 2.05) is 0 Å². The molecule has 2 unspecified atom stereocenters. The highest BCUT2D eigenvalue weighted by Crippen LogP contribution is 2.22. The minimum atomic E-state index is 0.123. The summed E-state index contributed by atoms with van der Waals surface area (Å²) in [6.07, 6.45) is 4.23. The van der Waals surface area contributed by atoms with E-state index in [0.29, 0.717) is 18.4 Å². The number of hydrogen-bond acceptors (Lipinski definition) is 3. The molecular formula is C12H24N2O2. The second kappa shape index (κ2) is 7.63. The van der Waals surface area contributed by atoms with Crippen LogP contribution in [0.3, 0.4) is 0 Å². The van der Waals surface area contributed by atoms with E-state index in [-0.39, 0.29) is 5.91 Å². The highest BCUT2D eigenvalue weighted by molar-refractivity contribution is 5.75. The number of amides is 1. The third-order valence-electron chi connectivity index (χ3n) is 3.19. The molecule has 0 spiro atoms. The molecule has 1 fully saturated rings. The molecule has 0 saturated carbocycles. The molecule has 0 bridgehead atoms. The lowest BCUT2D eigenvalue weighted by Gasteiger charge is -2.17. The molecule has 0 radical (unpaired) electrons. The van der Waals surface area contributed by atoms with E-state index in [4.69, 9.17) is 4.74 Å². The van der Waals surface area contributed by atoms with Gasteiger partial charge in [-0.2, -0.15) is 0 Å². The van der Waals surface area contributed by atoms with Gasteiger partial charge in [-0.3, -0.25) is 4.79 Å². The molecular weight excluding hydrogens is 204 g/mol. The zero-order chi connectivity index (χ0) is 11.8. The highest BCUT2D eigenvalue weighted by Gasteiger charge is 2.25. The average molecular weight is 228 g/mol. The van der Waals surface area contributed by atoms with E-state index in [9.17, 15) is 4.79 Å². The third kappa shape index (κ3) is 4.49. The second-order valence-electron chi connectivity index (χ2n) is 4.35. The Hall–Kier alpha value is -0.610. The third-order valence-corrected chi connectivity index (χ3v) is 3.19. The second-order valence-corrected chi connectivity index (χ2v) is 4.35. The van der Waals surface area contributed by atoms with Gasteiger partial charge in [0.2, 0.25) is 5.91 Å². The van der Waals surface area contributed by atoms with E-state index >= 15 is 0 Å². The van der Waals surface area contributed by atoms with Gasteiger partial charge in [-0.1, -0.05) is 6.92 Å². The van der Waals surface area contributed by atoms with E-state index < -0.39 is 0 Å². The van der Waals surface area contributed by atoms with Gasteiger partial charge in [0.25, 0.3) is 0 Å². The average Bonchev–Trinajstić information content (AvgIpc) is 2.75. The normalized spacial score (nSPS) is 24.6. The molecule has 0 aromatic heterocycles. The highest BCUT2D eigenvalue weighted by atomic mass is 16.5. The van der Waals surface area contributed by atoms with Crippen LogP contribution in [-0.4, -0.2) is 38.8 Å². The van der Waals surface area contributed by atoms with E-state index in [2.05, 4.69) is 17.6 Å². The van der Waals surface area contributed by atoms with Crippen molar-refractivity contribution in [3.63, 3.8) is 0 Å². The molecule has 1 heterocycles. The van der Waals surface area contributed by atoms with Crippen LogP contribution in [0.25, 0.3) is 0 Å². The van der Waals surface area contributed by atoms with Crippen molar-refractivity contribution in [1.82, 2.24) is 10.6 Å². The molecule has 1 saturated heterocycles. The first-order valence-corrected chi connectivity index (χ1v) is 6.30. The van der Waals surface area contributed by atoms with Crippen molar-refractivity contribution >= 4 is 5.91 Å². The monoisotopic (exact) mass is 228 g/mol. The standard InChI is InChI=1S/C12H24N2O2/c1-3-11-10(6-8-16-11)9-14-7-4-5-12(15)13-2/h10-11,14H,3-9H2,1-2H3,(H,13,15). The fraction of sp³-hybridized carbons (Fsp3) is 0.917. The minimum Gasteiger partial charge on any atom is -0.378 e. The Morgan fingerprint density at radius 2 is 2.31 bits per heavy atom. The maximum Gasteiger partial charge on any atom is 0.219 e. The van der Waals surface area contributed by atoms with Crippen LogP contribution in [0.5, 0.6) is 0 Å². The molecule has 2 atom stereocenters. The fourth-order valence-corrected chi connectivity index (χ4v) is 2.16. The van der Waals surface area contributed by atoms with Crippen molar-refractivity contribution in [2.24, 2.45) is 5.92 Å². The quantitative estimate of drug-likeness (QED) is 0.637. The largest absolute Gasteiger partial charge is 0.378 e. The predicted molar refractivity (Wildman–Crippen MR) is 64.3 cm³/mol. The Kier molecular flexibility index (Phi) is 6.42. The topological polar surface area (TPSA) is 50.4 Å². The van der Waals surface area contributed by atoms with Gasteiger partial charge < -0.3 is 15.4 Å². The maximum absolute atomic E-state index is 11.0. The van der Waals surface area contributed by atoms with Crippen molar-refractivity contribution in [3.05, 3.63) is 0 Å². The zero-order valence-corrected chi connectivity index (χ0v) is 10.4. The molecule has 1 aliphatic rings. The van der Waals surface area contributed by atoms with Gasteiger partial charge in [0.15, 0.2) is 0 Å². The first-order chi connectivity index (χ1) is 7.77.